The van der Waals surface area contributed by atoms with Gasteiger partial charge in [0.25, 0.3) is 5.91 Å². The predicted molar refractivity (Wildman–Crippen MR) is 83.3 cm³/mol. The van der Waals surface area contributed by atoms with E-state index in [-0.39, 0.29) is 11.8 Å². The molecule has 0 unspecified atom stereocenters. The van der Waals surface area contributed by atoms with Gasteiger partial charge in [-0.3, -0.25) is 9.59 Å². The smallest absolute Gasteiger partial charge is 0.262 e. The third kappa shape index (κ3) is 2.97. The molecule has 2 aromatic rings. The average molecular weight is 300 g/mol. The van der Waals surface area contributed by atoms with E-state index in [9.17, 15) is 9.59 Å². The van der Waals surface area contributed by atoms with Gasteiger partial charge in [-0.25, -0.2) is 0 Å². The Kier molecular flexibility index (Phi) is 4.01. The number of hydrogen-bond donors (Lipinski definition) is 2. The quantitative estimate of drug-likeness (QED) is 0.914. The topological polar surface area (TPSA) is 58.2 Å². The van der Waals surface area contributed by atoms with Crippen LogP contribution in [0.2, 0.25) is 0 Å². The fourth-order valence-electron chi connectivity index (χ4n) is 2.46. The van der Waals surface area contributed by atoms with Crippen molar-refractivity contribution in [3.63, 3.8) is 0 Å². The number of thiophene rings is 1. The van der Waals surface area contributed by atoms with Crippen LogP contribution in [-0.2, 0) is 4.79 Å². The zero-order chi connectivity index (χ0) is 14.7. The maximum absolute atomic E-state index is 12.4. The SMILES string of the molecule is O=C(N[C@@H]1CCCNC1=O)c1sccc1-c1ccccc1. The van der Waals surface area contributed by atoms with Gasteiger partial charge in [0.1, 0.15) is 6.04 Å². The van der Waals surface area contributed by atoms with Crippen LogP contribution < -0.4 is 10.6 Å². The molecule has 1 aliphatic rings. The predicted octanol–water partition coefficient (Wildman–Crippen LogP) is 2.42. The van der Waals surface area contributed by atoms with E-state index in [1.54, 1.807) is 0 Å². The lowest BCUT2D eigenvalue weighted by Crippen LogP contribution is -2.50. The third-order valence-corrected chi connectivity index (χ3v) is 4.46. The number of hydrogen-bond acceptors (Lipinski definition) is 3. The second kappa shape index (κ2) is 6.10. The number of piperidine rings is 1. The average Bonchev–Trinajstić information content (AvgIpc) is 3.00. The molecule has 1 atom stereocenters. The molecule has 1 fully saturated rings. The van der Waals surface area contributed by atoms with Crippen molar-refractivity contribution in [2.75, 3.05) is 6.54 Å². The highest BCUT2D eigenvalue weighted by Gasteiger charge is 2.25. The lowest BCUT2D eigenvalue weighted by atomic mass is 10.0. The molecule has 1 saturated heterocycles. The first kappa shape index (κ1) is 13.8. The number of carbonyl (C=O) groups excluding carboxylic acids is 2. The zero-order valence-corrected chi connectivity index (χ0v) is 12.3. The van der Waals surface area contributed by atoms with Crippen molar-refractivity contribution < 1.29 is 9.59 Å². The molecule has 21 heavy (non-hydrogen) atoms. The second-order valence-corrected chi connectivity index (χ2v) is 5.90. The summed E-state index contributed by atoms with van der Waals surface area (Å²) in [4.78, 5) is 24.8. The lowest BCUT2D eigenvalue weighted by molar-refractivity contribution is -0.124. The van der Waals surface area contributed by atoms with Crippen molar-refractivity contribution in [2.45, 2.75) is 18.9 Å². The molecule has 108 valence electrons. The van der Waals surface area contributed by atoms with E-state index in [2.05, 4.69) is 10.6 Å². The molecule has 3 rings (SSSR count). The summed E-state index contributed by atoms with van der Waals surface area (Å²) in [6.07, 6.45) is 1.59. The summed E-state index contributed by atoms with van der Waals surface area (Å²) in [5.74, 6) is -0.265. The summed E-state index contributed by atoms with van der Waals surface area (Å²) in [5, 5.41) is 7.52. The van der Waals surface area contributed by atoms with Crippen molar-refractivity contribution in [2.24, 2.45) is 0 Å². The summed E-state index contributed by atoms with van der Waals surface area (Å²) in [6, 6.07) is 11.3. The Balaban J connectivity index is 1.80. The van der Waals surface area contributed by atoms with Crippen LogP contribution >= 0.6 is 11.3 Å². The highest BCUT2D eigenvalue weighted by Crippen LogP contribution is 2.28. The van der Waals surface area contributed by atoms with Crippen LogP contribution in [0.4, 0.5) is 0 Å². The molecule has 2 amide bonds. The Hall–Kier alpha value is -2.14. The van der Waals surface area contributed by atoms with Gasteiger partial charge in [0.2, 0.25) is 5.91 Å². The molecule has 2 N–H and O–H groups in total. The van der Waals surface area contributed by atoms with Gasteiger partial charge in [-0.2, -0.15) is 0 Å². The van der Waals surface area contributed by atoms with Crippen LogP contribution in [0, 0.1) is 0 Å². The highest BCUT2D eigenvalue weighted by atomic mass is 32.1. The van der Waals surface area contributed by atoms with Crippen LogP contribution in [0.1, 0.15) is 22.5 Å². The molecule has 0 radical (unpaired) electrons. The highest BCUT2D eigenvalue weighted by molar-refractivity contribution is 7.12. The van der Waals surface area contributed by atoms with Crippen LogP contribution in [0.3, 0.4) is 0 Å². The van der Waals surface area contributed by atoms with Gasteiger partial charge in [0.15, 0.2) is 0 Å². The molecule has 0 bridgehead atoms. The van der Waals surface area contributed by atoms with Crippen LogP contribution in [-0.4, -0.2) is 24.4 Å². The normalized spacial score (nSPS) is 18.1. The summed E-state index contributed by atoms with van der Waals surface area (Å²) < 4.78 is 0. The Labute approximate surface area is 127 Å². The van der Waals surface area contributed by atoms with Crippen molar-refractivity contribution in [1.82, 2.24) is 10.6 Å². The van der Waals surface area contributed by atoms with Gasteiger partial charge in [-0.05, 0) is 29.9 Å². The lowest BCUT2D eigenvalue weighted by Gasteiger charge is -2.22. The minimum Gasteiger partial charge on any atom is -0.354 e. The number of benzene rings is 1. The number of carbonyl (C=O) groups is 2. The van der Waals surface area contributed by atoms with E-state index in [1.807, 2.05) is 41.8 Å². The Morgan fingerprint density at radius 2 is 2.05 bits per heavy atom. The van der Waals surface area contributed by atoms with Gasteiger partial charge in [0, 0.05) is 12.1 Å². The van der Waals surface area contributed by atoms with Crippen molar-refractivity contribution in [1.29, 1.82) is 0 Å². The maximum atomic E-state index is 12.4. The minimum atomic E-state index is -0.419. The summed E-state index contributed by atoms with van der Waals surface area (Å²) in [7, 11) is 0. The van der Waals surface area contributed by atoms with Gasteiger partial charge < -0.3 is 10.6 Å². The van der Waals surface area contributed by atoms with Crippen LogP contribution in [0.5, 0.6) is 0 Å². The molecule has 1 aliphatic heterocycles. The Bertz CT molecular complexity index is 651. The Morgan fingerprint density at radius 3 is 2.81 bits per heavy atom. The first-order valence-electron chi connectivity index (χ1n) is 6.97. The number of nitrogens with one attached hydrogen (secondary N) is 2. The van der Waals surface area contributed by atoms with Gasteiger partial charge in [-0.15, -0.1) is 11.3 Å². The second-order valence-electron chi connectivity index (χ2n) is 4.99. The van der Waals surface area contributed by atoms with Gasteiger partial charge in [0.05, 0.1) is 4.88 Å². The molecule has 1 aromatic heterocycles. The monoisotopic (exact) mass is 300 g/mol. The molecule has 0 saturated carbocycles. The molecular weight excluding hydrogens is 284 g/mol. The molecular formula is C16H16N2O2S. The van der Waals surface area contributed by atoms with Gasteiger partial charge in [-0.1, -0.05) is 30.3 Å². The molecule has 1 aromatic carbocycles. The van der Waals surface area contributed by atoms with Crippen LogP contribution in [0.25, 0.3) is 11.1 Å². The van der Waals surface area contributed by atoms with Crippen molar-refractivity contribution in [3.05, 3.63) is 46.7 Å². The van der Waals surface area contributed by atoms with E-state index in [4.69, 9.17) is 0 Å². The Morgan fingerprint density at radius 1 is 1.24 bits per heavy atom. The van der Waals surface area contributed by atoms with E-state index in [0.717, 1.165) is 17.5 Å². The standard InChI is InChI=1S/C16H16N2O2S/c19-15-13(7-4-9-17-15)18-16(20)14-12(8-10-21-14)11-5-2-1-3-6-11/h1-3,5-6,8,10,13H,4,7,9H2,(H,17,19)(H,18,20)/t13-/m1/s1. The van der Waals surface area contributed by atoms with Crippen molar-refractivity contribution >= 4 is 23.2 Å². The fraction of sp³-hybridized carbons (Fsp3) is 0.250. The maximum Gasteiger partial charge on any atom is 0.262 e. The molecule has 4 nitrogen and oxygen atoms in total. The number of rotatable bonds is 3. The zero-order valence-electron chi connectivity index (χ0n) is 11.5. The number of amides is 2. The minimum absolute atomic E-state index is 0.0904. The van der Waals surface area contributed by atoms with E-state index in [1.165, 1.54) is 11.3 Å². The first-order chi connectivity index (χ1) is 10.3. The summed E-state index contributed by atoms with van der Waals surface area (Å²) in [6.45, 7) is 0.694. The largest absolute Gasteiger partial charge is 0.354 e. The molecule has 0 spiro atoms. The molecule has 5 heteroatoms. The fourth-order valence-corrected chi connectivity index (χ4v) is 3.28. The van der Waals surface area contributed by atoms with Crippen LogP contribution in [0.15, 0.2) is 41.8 Å². The summed E-state index contributed by atoms with van der Waals surface area (Å²) >= 11 is 1.40. The first-order valence-corrected chi connectivity index (χ1v) is 7.85. The van der Waals surface area contributed by atoms with Crippen molar-refractivity contribution in [3.8, 4) is 11.1 Å². The summed E-state index contributed by atoms with van der Waals surface area (Å²) in [5.41, 5.74) is 1.92. The molecule has 2 heterocycles. The van der Waals surface area contributed by atoms with Gasteiger partial charge >= 0.3 is 0 Å². The third-order valence-electron chi connectivity index (χ3n) is 3.55. The molecule has 0 aliphatic carbocycles. The van der Waals surface area contributed by atoms with E-state index in [0.29, 0.717) is 17.8 Å². The van der Waals surface area contributed by atoms with E-state index >= 15 is 0 Å². The van der Waals surface area contributed by atoms with E-state index < -0.39 is 6.04 Å².